The minimum atomic E-state index is -3.55. The van der Waals surface area contributed by atoms with E-state index in [0.717, 1.165) is 36.8 Å². The van der Waals surface area contributed by atoms with Gasteiger partial charge in [0.2, 0.25) is 21.8 Å². The molecule has 2 amide bonds. The molecule has 3 fully saturated rings. The second-order valence-electron chi connectivity index (χ2n) is 8.53. The first kappa shape index (κ1) is 20.5. The van der Waals surface area contributed by atoms with Crippen molar-refractivity contribution in [3.8, 4) is 0 Å². The zero-order valence-corrected chi connectivity index (χ0v) is 18.0. The smallest absolute Gasteiger partial charge is 0.243 e. The minimum absolute atomic E-state index is 0.0369. The van der Waals surface area contributed by atoms with E-state index in [0.29, 0.717) is 31.1 Å². The molecule has 2 heterocycles. The van der Waals surface area contributed by atoms with E-state index in [1.54, 1.807) is 6.07 Å². The highest BCUT2D eigenvalue weighted by atomic mass is 32.2. The van der Waals surface area contributed by atoms with Crippen LogP contribution in [0.5, 0.6) is 0 Å². The van der Waals surface area contributed by atoms with Crippen molar-refractivity contribution in [3.05, 3.63) is 29.3 Å². The molecule has 0 radical (unpaired) electrons. The number of aryl methyl sites for hydroxylation is 2. The third-order valence-electron chi connectivity index (χ3n) is 6.57. The first-order chi connectivity index (χ1) is 13.8. The van der Waals surface area contributed by atoms with Crippen molar-refractivity contribution in [2.24, 2.45) is 11.8 Å². The van der Waals surface area contributed by atoms with Crippen LogP contribution in [0.3, 0.4) is 0 Å². The van der Waals surface area contributed by atoms with Gasteiger partial charge in [-0.2, -0.15) is 4.31 Å². The maximum absolute atomic E-state index is 13.1. The van der Waals surface area contributed by atoms with Crippen LogP contribution in [0.25, 0.3) is 0 Å². The lowest BCUT2D eigenvalue weighted by Crippen LogP contribution is -2.52. The second-order valence-corrected chi connectivity index (χ2v) is 10.4. The van der Waals surface area contributed by atoms with Gasteiger partial charge in [-0.3, -0.25) is 19.4 Å². The maximum atomic E-state index is 13.1. The lowest BCUT2D eigenvalue weighted by Gasteiger charge is -2.35. The molecule has 7 nitrogen and oxygen atoms in total. The lowest BCUT2D eigenvalue weighted by atomic mass is 9.81. The van der Waals surface area contributed by atoms with Crippen molar-refractivity contribution in [3.63, 3.8) is 0 Å². The van der Waals surface area contributed by atoms with Crippen molar-refractivity contribution >= 4 is 21.8 Å². The van der Waals surface area contributed by atoms with Crippen LogP contribution in [0, 0.1) is 25.7 Å². The molecule has 1 aromatic rings. The predicted octanol–water partition coefficient (Wildman–Crippen LogP) is 1.74. The number of fused-ring (bicyclic) bond motifs is 1. The Morgan fingerprint density at radius 3 is 2.10 bits per heavy atom. The van der Waals surface area contributed by atoms with Gasteiger partial charge in [0.05, 0.1) is 23.4 Å². The van der Waals surface area contributed by atoms with Gasteiger partial charge in [-0.25, -0.2) is 8.42 Å². The number of sulfonamides is 1. The third kappa shape index (κ3) is 3.73. The molecule has 0 unspecified atom stereocenters. The topological polar surface area (TPSA) is 78.0 Å². The number of carbonyl (C=O) groups is 2. The predicted molar refractivity (Wildman–Crippen MR) is 108 cm³/mol. The van der Waals surface area contributed by atoms with Gasteiger partial charge in [0.25, 0.3) is 0 Å². The molecule has 158 valence electrons. The molecule has 1 aliphatic carbocycles. The monoisotopic (exact) mass is 419 g/mol. The Morgan fingerprint density at radius 1 is 0.931 bits per heavy atom. The van der Waals surface area contributed by atoms with Crippen LogP contribution in [-0.2, 0) is 19.6 Å². The Hall–Kier alpha value is -1.77. The summed E-state index contributed by atoms with van der Waals surface area (Å²) < 4.78 is 27.7. The van der Waals surface area contributed by atoms with Crippen molar-refractivity contribution in [2.45, 2.75) is 44.4 Å². The fraction of sp³-hybridized carbons (Fsp3) is 0.619. The highest BCUT2D eigenvalue weighted by Gasteiger charge is 2.48. The molecule has 3 aliphatic rings. The summed E-state index contributed by atoms with van der Waals surface area (Å²) in [5, 5.41) is 0. The molecule has 0 spiro atoms. The summed E-state index contributed by atoms with van der Waals surface area (Å²) in [6.45, 7) is 5.72. The Kier molecular flexibility index (Phi) is 5.52. The highest BCUT2D eigenvalue weighted by Crippen LogP contribution is 2.38. The summed E-state index contributed by atoms with van der Waals surface area (Å²) in [4.78, 5) is 29.1. The molecule has 4 rings (SSSR count). The van der Waals surface area contributed by atoms with Crippen LogP contribution in [0.2, 0.25) is 0 Å². The van der Waals surface area contributed by atoms with Crippen LogP contribution < -0.4 is 0 Å². The normalized spacial score (nSPS) is 26.8. The molecule has 29 heavy (non-hydrogen) atoms. The number of nitrogens with zero attached hydrogens (tertiary/aromatic N) is 3. The van der Waals surface area contributed by atoms with Gasteiger partial charge in [0.1, 0.15) is 0 Å². The van der Waals surface area contributed by atoms with E-state index in [1.165, 1.54) is 9.21 Å². The molecule has 0 N–H and O–H groups in total. The van der Waals surface area contributed by atoms with Gasteiger partial charge >= 0.3 is 0 Å². The molecule has 0 bridgehead atoms. The number of piperazine rings is 1. The number of likely N-dealkylation sites (tertiary alicyclic amines) is 1. The molecule has 8 heteroatoms. The zero-order valence-electron chi connectivity index (χ0n) is 17.1. The summed E-state index contributed by atoms with van der Waals surface area (Å²) in [6, 6.07) is 5.47. The number of carbonyl (C=O) groups excluding carboxylic acids is 2. The van der Waals surface area contributed by atoms with Gasteiger partial charge in [-0.05, 0) is 43.9 Å². The molecule has 1 saturated carbocycles. The first-order valence-corrected chi connectivity index (χ1v) is 11.9. The maximum Gasteiger partial charge on any atom is 0.243 e. The summed E-state index contributed by atoms with van der Waals surface area (Å²) in [5.41, 5.74) is 1.66. The first-order valence-electron chi connectivity index (χ1n) is 10.4. The van der Waals surface area contributed by atoms with Crippen LogP contribution in [0.4, 0.5) is 0 Å². The van der Waals surface area contributed by atoms with Gasteiger partial charge in [-0.1, -0.05) is 25.0 Å². The quantitative estimate of drug-likeness (QED) is 0.695. The third-order valence-corrected chi connectivity index (χ3v) is 8.61. The van der Waals surface area contributed by atoms with Gasteiger partial charge < -0.3 is 0 Å². The number of hydrogen-bond acceptors (Lipinski definition) is 5. The van der Waals surface area contributed by atoms with E-state index in [9.17, 15) is 18.0 Å². The summed E-state index contributed by atoms with van der Waals surface area (Å²) in [5.74, 6) is -0.348. The van der Waals surface area contributed by atoms with E-state index in [1.807, 2.05) is 30.9 Å². The minimum Gasteiger partial charge on any atom is -0.283 e. The average molecular weight is 420 g/mol. The molecule has 2 aliphatic heterocycles. The van der Waals surface area contributed by atoms with Crippen molar-refractivity contribution in [1.82, 2.24) is 14.1 Å². The molecule has 1 aromatic carbocycles. The van der Waals surface area contributed by atoms with E-state index in [4.69, 9.17) is 0 Å². The van der Waals surface area contributed by atoms with E-state index in [-0.39, 0.29) is 30.3 Å². The lowest BCUT2D eigenvalue weighted by molar-refractivity contribution is -0.142. The van der Waals surface area contributed by atoms with Gasteiger partial charge in [0, 0.05) is 26.2 Å². The van der Waals surface area contributed by atoms with Crippen LogP contribution in [-0.4, -0.2) is 67.2 Å². The van der Waals surface area contributed by atoms with Crippen LogP contribution >= 0.6 is 0 Å². The fourth-order valence-corrected chi connectivity index (χ4v) is 6.54. The van der Waals surface area contributed by atoms with E-state index >= 15 is 0 Å². The van der Waals surface area contributed by atoms with E-state index in [2.05, 4.69) is 0 Å². The Morgan fingerprint density at radius 2 is 1.52 bits per heavy atom. The highest BCUT2D eigenvalue weighted by molar-refractivity contribution is 7.89. The van der Waals surface area contributed by atoms with Crippen molar-refractivity contribution < 1.29 is 18.0 Å². The zero-order chi connectivity index (χ0) is 20.8. The molecular formula is C21H29N3O4S. The van der Waals surface area contributed by atoms with Crippen LogP contribution in [0.1, 0.15) is 36.8 Å². The molecular weight excluding hydrogens is 390 g/mol. The number of imide groups is 1. The Labute approximate surface area is 172 Å². The Balaban J connectivity index is 1.40. The summed E-state index contributed by atoms with van der Waals surface area (Å²) >= 11 is 0. The standard InChI is InChI=1S/C21H29N3O4S/c1-15-7-8-16(2)19(13-15)29(27,28)23-11-9-22(10-12-23)14-24-20(25)17-5-3-4-6-18(17)21(24)26/h7-8,13,17-18H,3-6,9-12,14H2,1-2H3/t17-,18+. The number of amides is 2. The Bertz CT molecular complexity index is 898. The summed E-state index contributed by atoms with van der Waals surface area (Å²) in [6.07, 6.45) is 3.66. The van der Waals surface area contributed by atoms with Crippen molar-refractivity contribution in [2.75, 3.05) is 32.8 Å². The van der Waals surface area contributed by atoms with E-state index < -0.39 is 10.0 Å². The number of rotatable bonds is 4. The second kappa shape index (κ2) is 7.81. The SMILES string of the molecule is Cc1ccc(C)c(S(=O)(=O)N2CCN(CN3C(=O)[C@H]4CCCC[C@H]4C3=O)CC2)c1. The van der Waals surface area contributed by atoms with Gasteiger partial charge in [0.15, 0.2) is 0 Å². The molecule has 2 saturated heterocycles. The largest absolute Gasteiger partial charge is 0.283 e. The number of benzene rings is 1. The fourth-order valence-electron chi connectivity index (χ4n) is 4.81. The molecule has 2 atom stereocenters. The van der Waals surface area contributed by atoms with Crippen LogP contribution in [0.15, 0.2) is 23.1 Å². The van der Waals surface area contributed by atoms with Gasteiger partial charge in [-0.15, -0.1) is 0 Å². The van der Waals surface area contributed by atoms with Crippen molar-refractivity contribution in [1.29, 1.82) is 0 Å². The number of hydrogen-bond donors (Lipinski definition) is 0. The molecule has 0 aromatic heterocycles. The summed E-state index contributed by atoms with van der Waals surface area (Å²) in [7, 11) is -3.55. The average Bonchev–Trinajstić information content (AvgIpc) is 2.95.